The van der Waals surface area contributed by atoms with Crippen LogP contribution in [0.15, 0.2) is 0 Å². The summed E-state index contributed by atoms with van der Waals surface area (Å²) in [5.74, 6) is -0.888. The molecule has 9 nitrogen and oxygen atoms in total. The summed E-state index contributed by atoms with van der Waals surface area (Å²) in [5, 5.41) is 0. The maximum absolute atomic E-state index is 12.4. The highest BCUT2D eigenvalue weighted by atomic mass is 31.2. The van der Waals surface area contributed by atoms with Crippen LogP contribution in [0.2, 0.25) is 0 Å². The van der Waals surface area contributed by atoms with Crippen molar-refractivity contribution in [1.29, 1.82) is 0 Å². The number of esters is 2. The zero-order valence-corrected chi connectivity index (χ0v) is 30.7. The molecule has 0 aromatic heterocycles. The fraction of sp³-hybridized carbons (Fsp3) is 0.943. The molecule has 0 heterocycles. The molecule has 0 fully saturated rings. The molecule has 0 saturated heterocycles. The first-order chi connectivity index (χ1) is 21.5. The smallest absolute Gasteiger partial charge is 0.306 e. The first-order valence-corrected chi connectivity index (χ1v) is 19.7. The molecule has 0 aliphatic carbocycles. The van der Waals surface area contributed by atoms with E-state index in [2.05, 4.69) is 6.92 Å². The van der Waals surface area contributed by atoms with Gasteiger partial charge in [0.25, 0.3) is 7.82 Å². The minimum atomic E-state index is -4.59. The van der Waals surface area contributed by atoms with E-state index in [4.69, 9.17) is 18.5 Å². The van der Waals surface area contributed by atoms with Crippen molar-refractivity contribution in [3.63, 3.8) is 0 Å². The summed E-state index contributed by atoms with van der Waals surface area (Å²) in [6, 6.07) is 0. The standard InChI is InChI=1S/C35H70NO8P/c1-6-8-9-10-11-12-13-14-15-16-17-18-19-20-21-22-23-24-25-26-28-35(38)44-33(31-41-34(37)27-7-2)32-43-45(39,40)42-30-29-36(3,4)5/h33H,6-32H2,1-5H3. The Morgan fingerprint density at radius 2 is 1.04 bits per heavy atom. The van der Waals surface area contributed by atoms with Crippen LogP contribution in [0.3, 0.4) is 0 Å². The number of carbonyl (C=O) groups is 2. The molecule has 0 N–H and O–H groups in total. The third kappa shape index (κ3) is 32.7. The number of unbranched alkanes of at least 4 members (excludes halogenated alkanes) is 19. The maximum Gasteiger partial charge on any atom is 0.306 e. The molecule has 0 aliphatic heterocycles. The number of likely N-dealkylation sites (N-methyl/N-ethyl adjacent to an activating group) is 1. The van der Waals surface area contributed by atoms with E-state index < -0.39 is 32.5 Å². The fourth-order valence-corrected chi connectivity index (χ4v) is 5.71. The van der Waals surface area contributed by atoms with Crippen molar-refractivity contribution in [2.24, 2.45) is 0 Å². The lowest BCUT2D eigenvalue weighted by atomic mass is 10.0. The summed E-state index contributed by atoms with van der Waals surface area (Å²) in [6.45, 7) is 3.85. The van der Waals surface area contributed by atoms with Crippen molar-refractivity contribution in [2.45, 2.75) is 168 Å². The van der Waals surface area contributed by atoms with E-state index in [0.29, 0.717) is 23.9 Å². The zero-order chi connectivity index (χ0) is 33.7. The van der Waals surface area contributed by atoms with Crippen molar-refractivity contribution in [3.05, 3.63) is 0 Å². The first-order valence-electron chi connectivity index (χ1n) is 18.2. The van der Waals surface area contributed by atoms with Gasteiger partial charge in [0, 0.05) is 12.8 Å². The summed E-state index contributed by atoms with van der Waals surface area (Å²) >= 11 is 0. The van der Waals surface area contributed by atoms with Crippen molar-refractivity contribution < 1.29 is 42.1 Å². The van der Waals surface area contributed by atoms with Gasteiger partial charge in [-0.05, 0) is 12.8 Å². The fourth-order valence-electron chi connectivity index (χ4n) is 4.99. The minimum absolute atomic E-state index is 0.0281. The second-order valence-corrected chi connectivity index (χ2v) is 15.0. The lowest BCUT2D eigenvalue weighted by Crippen LogP contribution is -2.37. The van der Waals surface area contributed by atoms with E-state index in [1.807, 2.05) is 28.1 Å². The average Bonchev–Trinajstić information content (AvgIpc) is 2.97. The van der Waals surface area contributed by atoms with Crippen LogP contribution < -0.4 is 4.89 Å². The molecule has 0 amide bonds. The predicted molar refractivity (Wildman–Crippen MR) is 181 cm³/mol. The molecule has 0 aromatic carbocycles. The number of phosphoric acid groups is 1. The van der Waals surface area contributed by atoms with E-state index >= 15 is 0 Å². The number of nitrogens with zero attached hydrogens (tertiary/aromatic N) is 1. The van der Waals surface area contributed by atoms with Crippen LogP contribution in [0.4, 0.5) is 0 Å². The van der Waals surface area contributed by atoms with Gasteiger partial charge in [-0.2, -0.15) is 0 Å². The van der Waals surface area contributed by atoms with Gasteiger partial charge < -0.3 is 27.9 Å². The van der Waals surface area contributed by atoms with Gasteiger partial charge in [-0.3, -0.25) is 14.2 Å². The average molecular weight is 664 g/mol. The number of carbonyl (C=O) groups excluding carboxylic acids is 2. The van der Waals surface area contributed by atoms with Gasteiger partial charge in [0.15, 0.2) is 6.10 Å². The molecular formula is C35H70NO8P. The van der Waals surface area contributed by atoms with Gasteiger partial charge in [-0.1, -0.05) is 136 Å². The summed E-state index contributed by atoms with van der Waals surface area (Å²) in [4.78, 5) is 36.4. The van der Waals surface area contributed by atoms with Crippen LogP contribution in [-0.4, -0.2) is 70.0 Å². The molecular weight excluding hydrogens is 593 g/mol. The Bertz CT molecular complexity index is 758. The molecule has 268 valence electrons. The lowest BCUT2D eigenvalue weighted by molar-refractivity contribution is -0.870. The Kier molecular flexibility index (Phi) is 28.5. The van der Waals surface area contributed by atoms with Crippen LogP contribution in [0.25, 0.3) is 0 Å². The summed E-state index contributed by atoms with van der Waals surface area (Å²) < 4.78 is 33.1. The largest absolute Gasteiger partial charge is 0.756 e. The van der Waals surface area contributed by atoms with E-state index in [1.54, 1.807) is 0 Å². The van der Waals surface area contributed by atoms with Gasteiger partial charge in [-0.25, -0.2) is 0 Å². The van der Waals surface area contributed by atoms with E-state index in [9.17, 15) is 19.0 Å². The van der Waals surface area contributed by atoms with Gasteiger partial charge in [0.1, 0.15) is 19.8 Å². The molecule has 10 heteroatoms. The lowest BCUT2D eigenvalue weighted by Gasteiger charge is -2.28. The van der Waals surface area contributed by atoms with Crippen LogP contribution in [0.1, 0.15) is 162 Å². The topological polar surface area (TPSA) is 111 Å². The number of phosphoric ester groups is 1. The Labute approximate surface area is 276 Å². The number of rotatable bonds is 33. The Balaban J connectivity index is 3.95. The molecule has 2 unspecified atom stereocenters. The van der Waals surface area contributed by atoms with Crippen LogP contribution in [0, 0.1) is 0 Å². The number of ether oxygens (including phenoxy) is 2. The third-order valence-electron chi connectivity index (χ3n) is 7.85. The molecule has 0 rings (SSSR count). The van der Waals surface area contributed by atoms with Crippen LogP contribution in [-0.2, 0) is 32.7 Å². The van der Waals surface area contributed by atoms with Gasteiger partial charge in [0.2, 0.25) is 0 Å². The molecule has 0 spiro atoms. The summed E-state index contributed by atoms with van der Waals surface area (Å²) in [6.07, 6.45) is 25.9. The molecule has 0 saturated carbocycles. The summed E-state index contributed by atoms with van der Waals surface area (Å²) in [5.41, 5.74) is 0. The maximum atomic E-state index is 12.4. The number of hydrogen-bond acceptors (Lipinski definition) is 8. The highest BCUT2D eigenvalue weighted by Crippen LogP contribution is 2.38. The van der Waals surface area contributed by atoms with Crippen LogP contribution in [0.5, 0.6) is 0 Å². The van der Waals surface area contributed by atoms with Gasteiger partial charge in [-0.15, -0.1) is 0 Å². The van der Waals surface area contributed by atoms with Crippen molar-refractivity contribution >= 4 is 19.8 Å². The highest BCUT2D eigenvalue weighted by molar-refractivity contribution is 7.45. The number of quaternary nitrogens is 1. The Hall–Kier alpha value is -0.990. The van der Waals surface area contributed by atoms with E-state index in [1.165, 1.54) is 109 Å². The van der Waals surface area contributed by atoms with Crippen LogP contribution >= 0.6 is 7.82 Å². The van der Waals surface area contributed by atoms with Crippen molar-refractivity contribution in [2.75, 3.05) is 47.5 Å². The molecule has 0 radical (unpaired) electrons. The minimum Gasteiger partial charge on any atom is -0.756 e. The van der Waals surface area contributed by atoms with Crippen molar-refractivity contribution in [1.82, 2.24) is 0 Å². The quantitative estimate of drug-likeness (QED) is 0.0297. The molecule has 0 bridgehead atoms. The normalized spacial score (nSPS) is 13.8. The molecule has 0 aromatic rings. The van der Waals surface area contributed by atoms with Gasteiger partial charge in [0.05, 0.1) is 27.7 Å². The summed E-state index contributed by atoms with van der Waals surface area (Å²) in [7, 11) is 1.17. The second kappa shape index (κ2) is 29.2. The second-order valence-electron chi connectivity index (χ2n) is 13.6. The first kappa shape index (κ1) is 44.0. The monoisotopic (exact) mass is 663 g/mol. The molecule has 2 atom stereocenters. The highest BCUT2D eigenvalue weighted by Gasteiger charge is 2.21. The van der Waals surface area contributed by atoms with E-state index in [-0.39, 0.29) is 26.1 Å². The number of hydrogen-bond donors (Lipinski definition) is 0. The predicted octanol–water partition coefficient (Wildman–Crippen LogP) is 8.66. The van der Waals surface area contributed by atoms with Gasteiger partial charge >= 0.3 is 11.9 Å². The molecule has 0 aliphatic rings. The zero-order valence-electron chi connectivity index (χ0n) is 29.8. The Morgan fingerprint density at radius 3 is 1.47 bits per heavy atom. The third-order valence-corrected chi connectivity index (χ3v) is 8.81. The Morgan fingerprint density at radius 1 is 0.600 bits per heavy atom. The van der Waals surface area contributed by atoms with Crippen molar-refractivity contribution in [3.8, 4) is 0 Å². The van der Waals surface area contributed by atoms with E-state index in [0.717, 1.165) is 12.8 Å². The molecule has 45 heavy (non-hydrogen) atoms. The SMILES string of the molecule is CCCCCCCCCCCCCCCCCCCCCCC(=O)OC(COC(=O)CCC)COP(=O)([O-])OCC[N+](C)(C)C.